The predicted molar refractivity (Wildman–Crippen MR) is 78.4 cm³/mol. The lowest BCUT2D eigenvalue weighted by Crippen LogP contribution is -2.03. The molecule has 0 unspecified atom stereocenters. The van der Waals surface area contributed by atoms with E-state index in [1.807, 2.05) is 14.0 Å². The molecule has 0 saturated heterocycles. The number of benzene rings is 1. The summed E-state index contributed by atoms with van der Waals surface area (Å²) in [6, 6.07) is 4.46. The summed E-state index contributed by atoms with van der Waals surface area (Å²) in [5.41, 5.74) is 7.30. The predicted octanol–water partition coefficient (Wildman–Crippen LogP) is 2.86. The number of imidazole rings is 1. The summed E-state index contributed by atoms with van der Waals surface area (Å²) in [6.45, 7) is 8.58. The SMILES string of the molecule is Cc1cc(C)c(-c2c(C)nc(CCO)n2C)cc1C. The van der Waals surface area contributed by atoms with Crippen LogP contribution in [0.3, 0.4) is 0 Å². The third-order valence-corrected chi connectivity index (χ3v) is 3.79. The van der Waals surface area contributed by atoms with E-state index in [1.165, 1.54) is 22.3 Å². The monoisotopic (exact) mass is 258 g/mol. The molecular formula is C16H22N2O. The quantitative estimate of drug-likeness (QED) is 0.919. The van der Waals surface area contributed by atoms with Crippen molar-refractivity contribution in [3.63, 3.8) is 0 Å². The van der Waals surface area contributed by atoms with Crippen molar-refractivity contribution in [1.29, 1.82) is 0 Å². The number of aliphatic hydroxyl groups excluding tert-OH is 1. The van der Waals surface area contributed by atoms with E-state index >= 15 is 0 Å². The highest BCUT2D eigenvalue weighted by Gasteiger charge is 2.15. The molecule has 0 amide bonds. The van der Waals surface area contributed by atoms with E-state index in [0.717, 1.165) is 17.2 Å². The second-order valence-corrected chi connectivity index (χ2v) is 5.25. The standard InChI is InChI=1S/C16H22N2O/c1-10-8-12(3)14(9-11(10)2)16-13(4)17-15(6-7-19)18(16)5/h8-9,19H,6-7H2,1-5H3. The van der Waals surface area contributed by atoms with Crippen LogP contribution in [0.5, 0.6) is 0 Å². The lowest BCUT2D eigenvalue weighted by molar-refractivity contribution is 0.295. The molecule has 0 spiro atoms. The van der Waals surface area contributed by atoms with Crippen molar-refractivity contribution >= 4 is 0 Å². The maximum Gasteiger partial charge on any atom is 0.111 e. The summed E-state index contributed by atoms with van der Waals surface area (Å²) < 4.78 is 2.10. The number of rotatable bonds is 3. The van der Waals surface area contributed by atoms with Crippen molar-refractivity contribution in [3.8, 4) is 11.3 Å². The Morgan fingerprint density at radius 3 is 2.32 bits per heavy atom. The molecule has 2 rings (SSSR count). The maximum atomic E-state index is 9.10. The molecule has 1 aromatic carbocycles. The summed E-state index contributed by atoms with van der Waals surface area (Å²) in [6.07, 6.45) is 0.598. The summed E-state index contributed by atoms with van der Waals surface area (Å²) in [7, 11) is 2.02. The van der Waals surface area contributed by atoms with Gasteiger partial charge in [-0.2, -0.15) is 0 Å². The van der Waals surface area contributed by atoms with Crippen LogP contribution in [0.15, 0.2) is 12.1 Å². The van der Waals surface area contributed by atoms with Gasteiger partial charge in [0, 0.05) is 19.0 Å². The molecule has 1 heterocycles. The fourth-order valence-corrected chi connectivity index (χ4v) is 2.61. The second kappa shape index (κ2) is 5.17. The van der Waals surface area contributed by atoms with Gasteiger partial charge >= 0.3 is 0 Å². The number of nitrogens with zero attached hydrogens (tertiary/aromatic N) is 2. The maximum absolute atomic E-state index is 9.10. The molecule has 3 heteroatoms. The fraction of sp³-hybridized carbons (Fsp3) is 0.438. The Balaban J connectivity index is 2.62. The van der Waals surface area contributed by atoms with Crippen LogP contribution < -0.4 is 0 Å². The minimum atomic E-state index is 0.135. The number of aromatic nitrogens is 2. The summed E-state index contributed by atoms with van der Waals surface area (Å²) >= 11 is 0. The molecule has 1 N–H and O–H groups in total. The van der Waals surface area contributed by atoms with Gasteiger partial charge in [-0.15, -0.1) is 0 Å². The highest BCUT2D eigenvalue weighted by molar-refractivity contribution is 5.68. The van der Waals surface area contributed by atoms with Gasteiger partial charge in [-0.05, 0) is 50.5 Å². The van der Waals surface area contributed by atoms with Crippen molar-refractivity contribution < 1.29 is 5.11 Å². The Labute approximate surface area is 114 Å². The zero-order valence-electron chi connectivity index (χ0n) is 12.4. The first-order valence-corrected chi connectivity index (χ1v) is 6.67. The van der Waals surface area contributed by atoms with Gasteiger partial charge in [0.05, 0.1) is 18.0 Å². The zero-order chi connectivity index (χ0) is 14.2. The van der Waals surface area contributed by atoms with E-state index < -0.39 is 0 Å². The van der Waals surface area contributed by atoms with Gasteiger partial charge in [-0.25, -0.2) is 4.98 Å². The molecule has 2 aromatic rings. The largest absolute Gasteiger partial charge is 0.396 e. The topological polar surface area (TPSA) is 38.1 Å². The summed E-state index contributed by atoms with van der Waals surface area (Å²) in [5.74, 6) is 0.938. The normalized spacial score (nSPS) is 11.1. The van der Waals surface area contributed by atoms with E-state index in [1.54, 1.807) is 0 Å². The molecular weight excluding hydrogens is 236 g/mol. The molecule has 0 radical (unpaired) electrons. The van der Waals surface area contributed by atoms with Gasteiger partial charge in [-0.3, -0.25) is 0 Å². The number of aliphatic hydroxyl groups is 1. The molecule has 0 bridgehead atoms. The first kappa shape index (κ1) is 13.8. The van der Waals surface area contributed by atoms with Crippen LogP contribution in [0.1, 0.15) is 28.2 Å². The van der Waals surface area contributed by atoms with Crippen molar-refractivity contribution in [1.82, 2.24) is 9.55 Å². The second-order valence-electron chi connectivity index (χ2n) is 5.25. The smallest absolute Gasteiger partial charge is 0.111 e. The van der Waals surface area contributed by atoms with Crippen molar-refractivity contribution in [2.24, 2.45) is 7.05 Å². The molecule has 0 aliphatic carbocycles. The summed E-state index contributed by atoms with van der Waals surface area (Å²) in [4.78, 5) is 4.57. The Bertz CT molecular complexity index is 612. The van der Waals surface area contributed by atoms with Gasteiger partial charge in [0.1, 0.15) is 5.82 Å². The van der Waals surface area contributed by atoms with Crippen LogP contribution in [-0.4, -0.2) is 21.3 Å². The highest BCUT2D eigenvalue weighted by Crippen LogP contribution is 2.29. The van der Waals surface area contributed by atoms with Gasteiger partial charge in [-0.1, -0.05) is 6.07 Å². The van der Waals surface area contributed by atoms with E-state index in [0.29, 0.717) is 6.42 Å². The van der Waals surface area contributed by atoms with Crippen LogP contribution in [0.2, 0.25) is 0 Å². The van der Waals surface area contributed by atoms with Crippen LogP contribution in [0.25, 0.3) is 11.3 Å². The molecule has 0 aliphatic heterocycles. The van der Waals surface area contributed by atoms with Gasteiger partial charge in [0.15, 0.2) is 0 Å². The minimum absolute atomic E-state index is 0.135. The molecule has 102 valence electrons. The van der Waals surface area contributed by atoms with Gasteiger partial charge < -0.3 is 9.67 Å². The molecule has 1 aromatic heterocycles. The number of hydrogen-bond donors (Lipinski definition) is 1. The molecule has 3 nitrogen and oxygen atoms in total. The van der Waals surface area contributed by atoms with Crippen molar-refractivity contribution in [2.45, 2.75) is 34.1 Å². The van der Waals surface area contributed by atoms with Crippen LogP contribution >= 0.6 is 0 Å². The number of hydrogen-bond acceptors (Lipinski definition) is 2. The van der Waals surface area contributed by atoms with E-state index in [2.05, 4.69) is 42.5 Å². The first-order valence-electron chi connectivity index (χ1n) is 6.67. The lowest BCUT2D eigenvalue weighted by atomic mass is 9.98. The van der Waals surface area contributed by atoms with E-state index in [9.17, 15) is 0 Å². The Hall–Kier alpha value is -1.61. The zero-order valence-corrected chi connectivity index (χ0v) is 12.4. The van der Waals surface area contributed by atoms with Crippen molar-refractivity contribution in [2.75, 3.05) is 6.61 Å². The van der Waals surface area contributed by atoms with Crippen molar-refractivity contribution in [3.05, 3.63) is 40.3 Å². The van der Waals surface area contributed by atoms with Gasteiger partial charge in [0.25, 0.3) is 0 Å². The van der Waals surface area contributed by atoms with Crippen LogP contribution in [-0.2, 0) is 13.5 Å². The molecule has 0 atom stereocenters. The molecule has 0 saturated carbocycles. The van der Waals surface area contributed by atoms with E-state index in [-0.39, 0.29) is 6.61 Å². The average molecular weight is 258 g/mol. The third-order valence-electron chi connectivity index (χ3n) is 3.79. The van der Waals surface area contributed by atoms with E-state index in [4.69, 9.17) is 5.11 Å². The fourth-order valence-electron chi connectivity index (χ4n) is 2.61. The minimum Gasteiger partial charge on any atom is -0.396 e. The first-order chi connectivity index (χ1) is 8.95. The van der Waals surface area contributed by atoms with Gasteiger partial charge in [0.2, 0.25) is 0 Å². The molecule has 0 aliphatic rings. The Morgan fingerprint density at radius 1 is 1.05 bits per heavy atom. The molecule has 0 fully saturated rings. The highest BCUT2D eigenvalue weighted by atomic mass is 16.3. The van der Waals surface area contributed by atoms with Crippen LogP contribution in [0, 0.1) is 27.7 Å². The Kier molecular flexibility index (Phi) is 3.76. The molecule has 19 heavy (non-hydrogen) atoms. The third kappa shape index (κ3) is 2.43. The Morgan fingerprint density at radius 2 is 1.68 bits per heavy atom. The van der Waals surface area contributed by atoms with Crippen LogP contribution in [0.4, 0.5) is 0 Å². The summed E-state index contributed by atoms with van der Waals surface area (Å²) in [5, 5.41) is 9.10. The lowest BCUT2D eigenvalue weighted by Gasteiger charge is -2.12. The average Bonchev–Trinajstić information content (AvgIpc) is 2.61. The number of aryl methyl sites for hydroxylation is 4.